The van der Waals surface area contributed by atoms with Crippen molar-refractivity contribution in [2.24, 2.45) is 5.92 Å². The van der Waals surface area contributed by atoms with Gasteiger partial charge in [-0.15, -0.1) is 0 Å². The van der Waals surface area contributed by atoms with Crippen molar-refractivity contribution in [3.05, 3.63) is 52.3 Å². The van der Waals surface area contributed by atoms with Gasteiger partial charge in [-0.1, -0.05) is 18.2 Å². The lowest BCUT2D eigenvalue weighted by Crippen LogP contribution is -2.56. The highest BCUT2D eigenvalue weighted by molar-refractivity contribution is 5.97. The van der Waals surface area contributed by atoms with E-state index >= 15 is 0 Å². The zero-order valence-electron chi connectivity index (χ0n) is 18.3. The summed E-state index contributed by atoms with van der Waals surface area (Å²) in [6, 6.07) is 7.79. The second-order valence-electron chi connectivity index (χ2n) is 8.41. The van der Waals surface area contributed by atoms with Crippen molar-refractivity contribution in [2.75, 3.05) is 45.9 Å². The number of aromatic nitrogens is 2. The molecule has 1 aromatic carbocycles. The first-order chi connectivity index (χ1) is 15.0. The summed E-state index contributed by atoms with van der Waals surface area (Å²) >= 11 is 0. The van der Waals surface area contributed by atoms with Gasteiger partial charge in [-0.05, 0) is 37.5 Å². The van der Waals surface area contributed by atoms with E-state index in [2.05, 4.69) is 20.4 Å². The van der Waals surface area contributed by atoms with E-state index in [1.807, 2.05) is 38.1 Å². The molecular weight excluding hydrogens is 394 g/mol. The van der Waals surface area contributed by atoms with E-state index in [-0.39, 0.29) is 17.7 Å². The summed E-state index contributed by atoms with van der Waals surface area (Å²) in [7, 11) is 0. The predicted octanol–water partition coefficient (Wildman–Crippen LogP) is 1.29. The highest BCUT2D eigenvalue weighted by Gasteiger charge is 2.36. The Morgan fingerprint density at radius 1 is 1.19 bits per heavy atom. The average Bonchev–Trinajstić information content (AvgIpc) is 3.06. The summed E-state index contributed by atoms with van der Waals surface area (Å²) in [6.45, 7) is 9.45. The number of hydrogen-bond donors (Lipinski definition) is 2. The molecule has 2 saturated heterocycles. The Labute approximate surface area is 182 Å². The Morgan fingerprint density at radius 3 is 2.65 bits per heavy atom. The molecular formula is C23H31N5O3. The highest BCUT2D eigenvalue weighted by Crippen LogP contribution is 2.22. The van der Waals surface area contributed by atoms with E-state index in [0.717, 1.165) is 67.3 Å². The van der Waals surface area contributed by atoms with E-state index in [1.165, 1.54) is 0 Å². The van der Waals surface area contributed by atoms with Gasteiger partial charge in [0.25, 0.3) is 5.91 Å². The first-order valence-corrected chi connectivity index (χ1v) is 11.0. The molecule has 1 aromatic heterocycles. The SMILES string of the molecule is Cc1n[nH]c(C)c1CCNC(=O)C1CN(C(=O)c2ccccc2CN2CCOCC2)C1. The number of nitrogens with zero attached hydrogens (tertiary/aromatic N) is 3. The number of likely N-dealkylation sites (tertiary alicyclic amines) is 1. The first kappa shape index (κ1) is 21.5. The lowest BCUT2D eigenvalue weighted by Gasteiger charge is -2.38. The van der Waals surface area contributed by atoms with Crippen LogP contribution >= 0.6 is 0 Å². The molecule has 0 radical (unpaired) electrons. The van der Waals surface area contributed by atoms with E-state index in [9.17, 15) is 9.59 Å². The minimum atomic E-state index is -0.137. The van der Waals surface area contributed by atoms with Crippen LogP contribution in [0.5, 0.6) is 0 Å². The van der Waals surface area contributed by atoms with Crippen LogP contribution in [0, 0.1) is 19.8 Å². The van der Waals surface area contributed by atoms with E-state index in [0.29, 0.717) is 19.6 Å². The Kier molecular flexibility index (Phi) is 6.67. The van der Waals surface area contributed by atoms with E-state index in [1.54, 1.807) is 4.90 Å². The normalized spacial score (nSPS) is 17.4. The molecule has 2 amide bonds. The monoisotopic (exact) mass is 425 g/mol. The van der Waals surface area contributed by atoms with Gasteiger partial charge in [0.1, 0.15) is 0 Å². The number of hydrogen-bond acceptors (Lipinski definition) is 5. The quantitative estimate of drug-likeness (QED) is 0.698. The number of carbonyl (C=O) groups is 2. The number of aromatic amines is 1. The molecule has 2 N–H and O–H groups in total. The molecule has 0 spiro atoms. The third kappa shape index (κ3) is 4.97. The number of morpholine rings is 1. The van der Waals surface area contributed by atoms with Gasteiger partial charge in [-0.2, -0.15) is 5.10 Å². The van der Waals surface area contributed by atoms with Gasteiger partial charge in [0.2, 0.25) is 5.91 Å². The molecule has 2 aliphatic heterocycles. The Bertz CT molecular complexity index is 910. The fourth-order valence-corrected chi connectivity index (χ4v) is 4.25. The average molecular weight is 426 g/mol. The molecule has 0 bridgehead atoms. The molecule has 8 nitrogen and oxygen atoms in total. The van der Waals surface area contributed by atoms with Crippen LogP contribution in [0.3, 0.4) is 0 Å². The lowest BCUT2D eigenvalue weighted by molar-refractivity contribution is -0.128. The van der Waals surface area contributed by atoms with Gasteiger partial charge < -0.3 is 15.0 Å². The molecule has 2 aromatic rings. The highest BCUT2D eigenvalue weighted by atomic mass is 16.5. The predicted molar refractivity (Wildman–Crippen MR) is 117 cm³/mol. The Balaban J connectivity index is 1.27. The summed E-state index contributed by atoms with van der Waals surface area (Å²) in [5, 5.41) is 10.2. The molecule has 2 fully saturated rings. The van der Waals surface area contributed by atoms with E-state index in [4.69, 9.17) is 4.74 Å². The van der Waals surface area contributed by atoms with Crippen LogP contribution in [0.2, 0.25) is 0 Å². The third-order valence-corrected chi connectivity index (χ3v) is 6.24. The molecule has 0 saturated carbocycles. The Morgan fingerprint density at radius 2 is 1.94 bits per heavy atom. The number of ether oxygens (including phenoxy) is 1. The summed E-state index contributed by atoms with van der Waals surface area (Å²) < 4.78 is 5.42. The smallest absolute Gasteiger partial charge is 0.254 e. The number of amides is 2. The fraction of sp³-hybridized carbons (Fsp3) is 0.522. The number of aryl methyl sites for hydroxylation is 2. The minimum Gasteiger partial charge on any atom is -0.379 e. The largest absolute Gasteiger partial charge is 0.379 e. The maximum atomic E-state index is 13.0. The molecule has 0 unspecified atom stereocenters. The maximum absolute atomic E-state index is 13.0. The van der Waals surface area contributed by atoms with Crippen LogP contribution < -0.4 is 5.32 Å². The van der Waals surface area contributed by atoms with Gasteiger partial charge in [0.05, 0.1) is 24.8 Å². The zero-order chi connectivity index (χ0) is 21.8. The minimum absolute atomic E-state index is 0.0116. The molecule has 0 aliphatic carbocycles. The van der Waals surface area contributed by atoms with Gasteiger partial charge >= 0.3 is 0 Å². The number of nitrogens with one attached hydrogen (secondary N) is 2. The van der Waals surface area contributed by atoms with Crippen LogP contribution in [0.4, 0.5) is 0 Å². The number of carbonyl (C=O) groups excluding carboxylic acids is 2. The van der Waals surface area contributed by atoms with Crippen molar-refractivity contribution < 1.29 is 14.3 Å². The van der Waals surface area contributed by atoms with Crippen molar-refractivity contribution >= 4 is 11.8 Å². The van der Waals surface area contributed by atoms with Crippen molar-refractivity contribution in [2.45, 2.75) is 26.8 Å². The van der Waals surface area contributed by atoms with Gasteiger partial charge in [-0.25, -0.2) is 0 Å². The summed E-state index contributed by atoms with van der Waals surface area (Å²) in [5.41, 5.74) is 4.94. The Hall–Kier alpha value is -2.71. The van der Waals surface area contributed by atoms with Crippen LogP contribution in [-0.2, 0) is 22.5 Å². The number of rotatable bonds is 7. The van der Waals surface area contributed by atoms with Gasteiger partial charge in [-0.3, -0.25) is 19.6 Å². The molecule has 166 valence electrons. The van der Waals surface area contributed by atoms with Crippen LogP contribution in [0.25, 0.3) is 0 Å². The van der Waals surface area contributed by atoms with Crippen molar-refractivity contribution in [3.63, 3.8) is 0 Å². The molecule has 8 heteroatoms. The molecule has 2 aliphatic rings. The summed E-state index contributed by atoms with van der Waals surface area (Å²) in [6.07, 6.45) is 0.754. The van der Waals surface area contributed by atoms with E-state index < -0.39 is 0 Å². The first-order valence-electron chi connectivity index (χ1n) is 11.0. The lowest BCUT2D eigenvalue weighted by atomic mass is 9.96. The van der Waals surface area contributed by atoms with Crippen molar-refractivity contribution in [1.82, 2.24) is 25.3 Å². The summed E-state index contributed by atoms with van der Waals surface area (Å²) in [5.74, 6) is -0.107. The van der Waals surface area contributed by atoms with Crippen LogP contribution in [0.15, 0.2) is 24.3 Å². The molecule has 0 atom stereocenters. The standard InChI is InChI=1S/C23H31N5O3/c1-16-20(17(2)26-25-16)7-8-24-22(29)19-14-28(15-19)23(30)21-6-4-3-5-18(21)13-27-9-11-31-12-10-27/h3-6,19H,7-15H2,1-2H3,(H,24,29)(H,25,26). The maximum Gasteiger partial charge on any atom is 0.254 e. The van der Waals surface area contributed by atoms with Crippen molar-refractivity contribution in [3.8, 4) is 0 Å². The summed E-state index contributed by atoms with van der Waals surface area (Å²) in [4.78, 5) is 29.6. The zero-order valence-corrected chi connectivity index (χ0v) is 18.3. The van der Waals surface area contributed by atoms with Crippen LogP contribution in [0.1, 0.15) is 32.9 Å². The molecule has 31 heavy (non-hydrogen) atoms. The topological polar surface area (TPSA) is 90.6 Å². The molecule has 4 rings (SSSR count). The number of H-pyrrole nitrogens is 1. The second-order valence-corrected chi connectivity index (χ2v) is 8.41. The van der Waals surface area contributed by atoms with Crippen molar-refractivity contribution in [1.29, 1.82) is 0 Å². The fourth-order valence-electron chi connectivity index (χ4n) is 4.25. The third-order valence-electron chi connectivity index (χ3n) is 6.24. The second kappa shape index (κ2) is 9.62. The molecule has 3 heterocycles. The number of benzene rings is 1. The van der Waals surface area contributed by atoms with Gasteiger partial charge in [0, 0.05) is 50.5 Å². The van der Waals surface area contributed by atoms with Crippen LogP contribution in [-0.4, -0.2) is 77.7 Å². The van der Waals surface area contributed by atoms with Gasteiger partial charge in [0.15, 0.2) is 0 Å².